The quantitative estimate of drug-likeness (QED) is 0.352. The Bertz CT molecular complexity index is 990. The molecule has 0 aromatic heterocycles. The number of rotatable bonds is 4. The lowest BCUT2D eigenvalue weighted by Gasteiger charge is -2.12. The number of benzene rings is 3. The maximum atomic E-state index is 12.8. The van der Waals surface area contributed by atoms with Gasteiger partial charge in [-0.15, -0.1) is 0 Å². The van der Waals surface area contributed by atoms with Crippen LogP contribution in [-0.4, -0.2) is 11.7 Å². The molecule has 3 nitrogen and oxygen atoms in total. The minimum absolute atomic E-state index is 0.225. The molecule has 3 aromatic carbocycles. The molecule has 0 heterocycles. The summed E-state index contributed by atoms with van der Waals surface area (Å²) >= 11 is 14.3. The Balaban J connectivity index is 1.97. The second-order valence-corrected chi connectivity index (χ2v) is 7.55. The van der Waals surface area contributed by atoms with Crippen LogP contribution < -0.4 is 5.32 Å². The summed E-state index contributed by atoms with van der Waals surface area (Å²) in [5, 5.41) is 3.52. The Labute approximate surface area is 174 Å². The topological polar surface area (TPSA) is 46.2 Å². The van der Waals surface area contributed by atoms with Crippen molar-refractivity contribution in [3.63, 3.8) is 0 Å². The van der Waals surface area contributed by atoms with Crippen LogP contribution in [0.2, 0.25) is 10.0 Å². The van der Waals surface area contributed by atoms with Crippen LogP contribution in [0.1, 0.15) is 26.3 Å². The third-order valence-corrected chi connectivity index (χ3v) is 4.92. The van der Waals surface area contributed by atoms with Gasteiger partial charge in [0.15, 0.2) is 5.78 Å². The molecule has 1 N–H and O–H groups in total. The van der Waals surface area contributed by atoms with Crippen molar-refractivity contribution in [1.29, 1.82) is 0 Å². The van der Waals surface area contributed by atoms with Crippen molar-refractivity contribution in [2.75, 3.05) is 5.32 Å². The third kappa shape index (κ3) is 4.26. The van der Waals surface area contributed by atoms with Gasteiger partial charge in [-0.2, -0.15) is 0 Å². The van der Waals surface area contributed by atoms with Gasteiger partial charge in [-0.25, -0.2) is 0 Å². The van der Waals surface area contributed by atoms with Crippen LogP contribution in [-0.2, 0) is 0 Å². The maximum absolute atomic E-state index is 12.8. The van der Waals surface area contributed by atoms with Gasteiger partial charge in [-0.1, -0.05) is 53.5 Å². The van der Waals surface area contributed by atoms with Crippen LogP contribution >= 0.6 is 45.8 Å². The van der Waals surface area contributed by atoms with E-state index in [0.29, 0.717) is 32.4 Å². The first-order valence-corrected chi connectivity index (χ1v) is 9.45. The average molecular weight is 496 g/mol. The molecule has 0 aliphatic heterocycles. The van der Waals surface area contributed by atoms with Gasteiger partial charge < -0.3 is 5.32 Å². The zero-order valence-electron chi connectivity index (χ0n) is 13.3. The molecule has 0 saturated heterocycles. The fraction of sp³-hybridized carbons (Fsp3) is 0. The second-order valence-electron chi connectivity index (χ2n) is 5.46. The standard InChI is InChI=1S/C20H12Cl2INO2/c21-13-6-9-18(16(10-13)19(25)12-4-2-1-3-5-12)24-20(26)15-11-14(23)7-8-17(15)22/h1-11H,(H,24,26). The summed E-state index contributed by atoms with van der Waals surface area (Å²) < 4.78 is 0.883. The summed E-state index contributed by atoms with van der Waals surface area (Å²) in [6.07, 6.45) is 0. The molecule has 0 fully saturated rings. The predicted molar refractivity (Wildman–Crippen MR) is 113 cm³/mol. The number of hydrogen-bond donors (Lipinski definition) is 1. The van der Waals surface area contributed by atoms with Crippen molar-refractivity contribution in [2.24, 2.45) is 0 Å². The average Bonchev–Trinajstić information content (AvgIpc) is 2.65. The zero-order valence-corrected chi connectivity index (χ0v) is 17.0. The van der Waals surface area contributed by atoms with Gasteiger partial charge in [0.05, 0.1) is 16.3 Å². The molecule has 0 spiro atoms. The lowest BCUT2D eigenvalue weighted by molar-refractivity contribution is 0.102. The van der Waals surface area contributed by atoms with Gasteiger partial charge in [0, 0.05) is 19.7 Å². The smallest absolute Gasteiger partial charge is 0.257 e. The molecule has 26 heavy (non-hydrogen) atoms. The summed E-state index contributed by atoms with van der Waals surface area (Å²) in [5.74, 6) is -0.616. The molecule has 6 heteroatoms. The SMILES string of the molecule is O=C(Nc1ccc(Cl)cc1C(=O)c1ccccc1)c1cc(I)ccc1Cl. The van der Waals surface area contributed by atoms with Gasteiger partial charge in [0.1, 0.15) is 0 Å². The van der Waals surface area contributed by atoms with Gasteiger partial charge in [-0.3, -0.25) is 9.59 Å². The Morgan fingerprint density at radius 3 is 2.31 bits per heavy atom. The van der Waals surface area contributed by atoms with Crippen molar-refractivity contribution in [3.8, 4) is 0 Å². The second kappa shape index (κ2) is 8.20. The van der Waals surface area contributed by atoms with E-state index in [4.69, 9.17) is 23.2 Å². The lowest BCUT2D eigenvalue weighted by atomic mass is 10.0. The van der Waals surface area contributed by atoms with Crippen LogP contribution in [0.3, 0.4) is 0 Å². The Morgan fingerprint density at radius 2 is 1.58 bits per heavy atom. The number of carbonyl (C=O) groups is 2. The molecule has 0 saturated carbocycles. The molecule has 130 valence electrons. The normalized spacial score (nSPS) is 10.4. The zero-order chi connectivity index (χ0) is 18.7. The van der Waals surface area contributed by atoms with Crippen molar-refractivity contribution < 1.29 is 9.59 Å². The molecule has 1 amide bonds. The maximum Gasteiger partial charge on any atom is 0.257 e. The van der Waals surface area contributed by atoms with E-state index in [0.717, 1.165) is 3.57 Å². The fourth-order valence-electron chi connectivity index (χ4n) is 2.42. The van der Waals surface area contributed by atoms with Crippen LogP contribution in [0.5, 0.6) is 0 Å². The van der Waals surface area contributed by atoms with Crippen molar-refractivity contribution in [1.82, 2.24) is 0 Å². The van der Waals surface area contributed by atoms with E-state index in [2.05, 4.69) is 27.9 Å². The molecule has 0 bridgehead atoms. The van der Waals surface area contributed by atoms with Gasteiger partial charge >= 0.3 is 0 Å². The Morgan fingerprint density at radius 1 is 0.846 bits per heavy atom. The first kappa shape index (κ1) is 18.9. The van der Waals surface area contributed by atoms with Gasteiger partial charge in [0.2, 0.25) is 0 Å². The Kier molecular flexibility index (Phi) is 5.96. The van der Waals surface area contributed by atoms with Gasteiger partial charge in [0.25, 0.3) is 5.91 Å². The lowest BCUT2D eigenvalue weighted by Crippen LogP contribution is -2.16. The van der Waals surface area contributed by atoms with E-state index in [1.54, 1.807) is 54.6 Å². The first-order valence-electron chi connectivity index (χ1n) is 7.61. The van der Waals surface area contributed by atoms with Crippen LogP contribution in [0, 0.1) is 3.57 Å². The minimum Gasteiger partial charge on any atom is -0.321 e. The molecule has 3 rings (SSSR count). The number of hydrogen-bond acceptors (Lipinski definition) is 2. The molecule has 0 atom stereocenters. The van der Waals surface area contributed by atoms with E-state index in [9.17, 15) is 9.59 Å². The number of anilines is 1. The number of nitrogens with one attached hydrogen (secondary N) is 1. The number of ketones is 1. The summed E-state index contributed by atoms with van der Waals surface area (Å²) in [4.78, 5) is 25.5. The highest BCUT2D eigenvalue weighted by atomic mass is 127. The van der Waals surface area contributed by atoms with Crippen molar-refractivity contribution >= 4 is 63.2 Å². The highest BCUT2D eigenvalue weighted by molar-refractivity contribution is 14.1. The predicted octanol–water partition coefficient (Wildman–Crippen LogP) is 6.08. The number of halogens is 3. The highest BCUT2D eigenvalue weighted by Crippen LogP contribution is 2.26. The highest BCUT2D eigenvalue weighted by Gasteiger charge is 2.18. The van der Waals surface area contributed by atoms with E-state index >= 15 is 0 Å². The first-order chi connectivity index (χ1) is 12.5. The minimum atomic E-state index is -0.391. The van der Waals surface area contributed by atoms with E-state index in [-0.39, 0.29) is 5.78 Å². The fourth-order valence-corrected chi connectivity index (χ4v) is 3.29. The molecule has 0 aliphatic carbocycles. The molecular weight excluding hydrogens is 484 g/mol. The summed E-state index contributed by atoms with van der Waals surface area (Å²) in [6, 6.07) is 18.8. The third-order valence-electron chi connectivity index (χ3n) is 3.68. The number of carbonyl (C=O) groups excluding carboxylic acids is 2. The molecule has 0 radical (unpaired) electrons. The van der Waals surface area contributed by atoms with Crippen molar-refractivity contribution in [2.45, 2.75) is 0 Å². The van der Waals surface area contributed by atoms with Crippen LogP contribution in [0.15, 0.2) is 66.7 Å². The largest absolute Gasteiger partial charge is 0.321 e. The molecular formula is C20H12Cl2INO2. The van der Waals surface area contributed by atoms with E-state index in [1.165, 1.54) is 0 Å². The molecule has 0 aliphatic rings. The molecule has 3 aromatic rings. The monoisotopic (exact) mass is 495 g/mol. The van der Waals surface area contributed by atoms with Crippen LogP contribution in [0.25, 0.3) is 0 Å². The number of amides is 1. The van der Waals surface area contributed by atoms with Gasteiger partial charge in [-0.05, 0) is 59.0 Å². The van der Waals surface area contributed by atoms with Crippen LogP contribution in [0.4, 0.5) is 5.69 Å². The van der Waals surface area contributed by atoms with Crippen molar-refractivity contribution in [3.05, 3.63) is 97.0 Å². The van der Waals surface area contributed by atoms with E-state index < -0.39 is 5.91 Å². The summed E-state index contributed by atoms with van der Waals surface area (Å²) in [5.41, 5.74) is 1.55. The summed E-state index contributed by atoms with van der Waals surface area (Å²) in [7, 11) is 0. The molecule has 0 unspecified atom stereocenters. The van der Waals surface area contributed by atoms with E-state index in [1.807, 2.05) is 12.1 Å². The summed E-state index contributed by atoms with van der Waals surface area (Å²) in [6.45, 7) is 0. The Hall–Kier alpha value is -1.89.